The van der Waals surface area contributed by atoms with Crippen molar-refractivity contribution in [1.82, 2.24) is 10.2 Å². The molecule has 7 heteroatoms. The summed E-state index contributed by atoms with van der Waals surface area (Å²) in [5, 5.41) is 13.5. The van der Waals surface area contributed by atoms with Crippen LogP contribution >= 0.6 is 0 Å². The molecular weight excluding hydrogens is 265 g/mol. The fourth-order valence-corrected chi connectivity index (χ4v) is 1.84. The summed E-state index contributed by atoms with van der Waals surface area (Å²) in [7, 11) is 0. The Morgan fingerprint density at radius 1 is 1.35 bits per heavy atom. The molecule has 0 radical (unpaired) electrons. The van der Waals surface area contributed by atoms with Crippen LogP contribution < -0.4 is 5.32 Å². The summed E-state index contributed by atoms with van der Waals surface area (Å²) in [4.78, 5) is 23.4. The van der Waals surface area contributed by atoms with Gasteiger partial charge in [0.1, 0.15) is 5.82 Å². The van der Waals surface area contributed by atoms with Crippen LogP contribution in [-0.4, -0.2) is 35.4 Å². The molecule has 0 aliphatic rings. The van der Waals surface area contributed by atoms with Gasteiger partial charge in [-0.25, -0.2) is 4.39 Å². The van der Waals surface area contributed by atoms with Crippen molar-refractivity contribution in [2.75, 3.05) is 19.6 Å². The van der Waals surface area contributed by atoms with Crippen LogP contribution in [0.1, 0.15) is 19.4 Å². The highest BCUT2D eigenvalue weighted by Gasteiger charge is 2.11. The van der Waals surface area contributed by atoms with Crippen LogP contribution in [0.15, 0.2) is 18.2 Å². The van der Waals surface area contributed by atoms with E-state index >= 15 is 0 Å². The number of likely N-dealkylation sites (N-methyl/N-ethyl adjacent to an activating group) is 1. The number of nitro groups is 1. The quantitative estimate of drug-likeness (QED) is 0.610. The maximum atomic E-state index is 13.2. The zero-order chi connectivity index (χ0) is 15.1. The minimum Gasteiger partial charge on any atom is -0.342 e. The van der Waals surface area contributed by atoms with E-state index in [1.54, 1.807) is 4.90 Å². The summed E-state index contributed by atoms with van der Waals surface area (Å²) in [5.74, 6) is -0.716. The molecule has 1 aromatic rings. The van der Waals surface area contributed by atoms with Crippen LogP contribution in [0, 0.1) is 15.9 Å². The van der Waals surface area contributed by atoms with Gasteiger partial charge in [-0.1, -0.05) is 0 Å². The molecule has 1 aromatic carbocycles. The van der Waals surface area contributed by atoms with E-state index in [0.29, 0.717) is 18.7 Å². The van der Waals surface area contributed by atoms with E-state index in [-0.39, 0.29) is 24.7 Å². The molecule has 1 amide bonds. The first-order valence-corrected chi connectivity index (χ1v) is 6.40. The molecule has 0 saturated heterocycles. The minimum atomic E-state index is -0.661. The highest BCUT2D eigenvalue weighted by atomic mass is 19.1. The van der Waals surface area contributed by atoms with Gasteiger partial charge < -0.3 is 10.2 Å². The lowest BCUT2D eigenvalue weighted by Gasteiger charge is -2.18. The summed E-state index contributed by atoms with van der Waals surface area (Å²) in [6.07, 6.45) is 0. The monoisotopic (exact) mass is 283 g/mol. The van der Waals surface area contributed by atoms with E-state index in [9.17, 15) is 19.3 Å². The molecule has 0 fully saturated rings. The molecular formula is C13H18FN3O3. The SMILES string of the molecule is CCN(CC)C(=O)CNCc1cc(F)cc([N+](=O)[O-])c1. The molecule has 1 N–H and O–H groups in total. The average Bonchev–Trinajstić information content (AvgIpc) is 2.39. The Morgan fingerprint density at radius 3 is 2.55 bits per heavy atom. The molecule has 0 bridgehead atoms. The number of carbonyl (C=O) groups is 1. The van der Waals surface area contributed by atoms with Gasteiger partial charge >= 0.3 is 0 Å². The first-order valence-electron chi connectivity index (χ1n) is 6.40. The Kier molecular flexibility index (Phi) is 6.05. The number of nitrogens with one attached hydrogen (secondary N) is 1. The predicted octanol–water partition coefficient (Wildman–Crippen LogP) is 1.69. The van der Waals surface area contributed by atoms with E-state index in [1.165, 1.54) is 12.1 Å². The van der Waals surface area contributed by atoms with Crippen LogP contribution in [0.25, 0.3) is 0 Å². The number of halogens is 1. The van der Waals surface area contributed by atoms with Crippen molar-refractivity contribution in [2.45, 2.75) is 20.4 Å². The molecule has 0 aromatic heterocycles. The maximum absolute atomic E-state index is 13.2. The molecule has 6 nitrogen and oxygen atoms in total. The summed E-state index contributed by atoms with van der Waals surface area (Å²) in [6.45, 7) is 5.34. The normalized spacial score (nSPS) is 10.3. The number of carbonyl (C=O) groups excluding carboxylic acids is 1. The van der Waals surface area contributed by atoms with Gasteiger partial charge in [0.05, 0.1) is 17.5 Å². The molecule has 20 heavy (non-hydrogen) atoms. The van der Waals surface area contributed by atoms with Gasteiger partial charge in [0.25, 0.3) is 5.69 Å². The van der Waals surface area contributed by atoms with Gasteiger partial charge in [-0.2, -0.15) is 0 Å². The number of hydrogen-bond donors (Lipinski definition) is 1. The molecule has 110 valence electrons. The van der Waals surface area contributed by atoms with Gasteiger partial charge in [-0.15, -0.1) is 0 Å². The van der Waals surface area contributed by atoms with Gasteiger partial charge in [-0.05, 0) is 25.5 Å². The van der Waals surface area contributed by atoms with E-state index in [0.717, 1.165) is 6.07 Å². The fourth-order valence-electron chi connectivity index (χ4n) is 1.84. The first-order chi connectivity index (χ1) is 9.47. The van der Waals surface area contributed by atoms with Crippen LogP contribution in [0.4, 0.5) is 10.1 Å². The molecule has 0 aliphatic heterocycles. The van der Waals surface area contributed by atoms with Crippen LogP contribution in [0.5, 0.6) is 0 Å². The van der Waals surface area contributed by atoms with Crippen LogP contribution in [0.3, 0.4) is 0 Å². The Labute approximate surface area is 116 Å². The number of nitrogens with zero attached hydrogens (tertiary/aromatic N) is 2. The Morgan fingerprint density at radius 2 is 2.00 bits per heavy atom. The lowest BCUT2D eigenvalue weighted by atomic mass is 10.2. The largest absolute Gasteiger partial charge is 0.342 e. The Bertz CT molecular complexity index is 490. The molecule has 0 spiro atoms. The van der Waals surface area contributed by atoms with Gasteiger partial charge in [0.2, 0.25) is 5.91 Å². The molecule has 0 unspecified atom stereocenters. The topological polar surface area (TPSA) is 75.5 Å². The van der Waals surface area contributed by atoms with Gasteiger partial charge in [0, 0.05) is 25.7 Å². The fraction of sp³-hybridized carbons (Fsp3) is 0.462. The number of amides is 1. The van der Waals surface area contributed by atoms with Crippen LogP contribution in [-0.2, 0) is 11.3 Å². The first kappa shape index (κ1) is 16.0. The van der Waals surface area contributed by atoms with Crippen molar-refractivity contribution >= 4 is 11.6 Å². The van der Waals surface area contributed by atoms with Crippen molar-refractivity contribution in [3.63, 3.8) is 0 Å². The lowest BCUT2D eigenvalue weighted by Crippen LogP contribution is -2.37. The molecule has 0 aliphatic carbocycles. The van der Waals surface area contributed by atoms with Crippen molar-refractivity contribution in [3.05, 3.63) is 39.7 Å². The molecule has 1 rings (SSSR count). The Hall–Kier alpha value is -2.02. The summed E-state index contributed by atoms with van der Waals surface area (Å²) >= 11 is 0. The molecule has 0 atom stereocenters. The third-order valence-corrected chi connectivity index (χ3v) is 2.87. The smallest absolute Gasteiger partial charge is 0.272 e. The number of benzene rings is 1. The highest BCUT2D eigenvalue weighted by Crippen LogP contribution is 2.16. The predicted molar refractivity (Wildman–Crippen MR) is 72.7 cm³/mol. The second-order valence-electron chi connectivity index (χ2n) is 4.24. The van der Waals surface area contributed by atoms with E-state index in [4.69, 9.17) is 0 Å². The van der Waals surface area contributed by atoms with Crippen molar-refractivity contribution < 1.29 is 14.1 Å². The second kappa shape index (κ2) is 7.54. The van der Waals surface area contributed by atoms with E-state index in [2.05, 4.69) is 5.32 Å². The van der Waals surface area contributed by atoms with E-state index in [1.807, 2.05) is 13.8 Å². The summed E-state index contributed by atoms with van der Waals surface area (Å²) in [5.41, 5.74) is 0.140. The van der Waals surface area contributed by atoms with Gasteiger partial charge in [-0.3, -0.25) is 14.9 Å². The van der Waals surface area contributed by atoms with Crippen LogP contribution in [0.2, 0.25) is 0 Å². The zero-order valence-electron chi connectivity index (χ0n) is 11.6. The van der Waals surface area contributed by atoms with Crippen molar-refractivity contribution in [3.8, 4) is 0 Å². The number of hydrogen-bond acceptors (Lipinski definition) is 4. The number of rotatable bonds is 7. The average molecular weight is 283 g/mol. The third-order valence-electron chi connectivity index (χ3n) is 2.87. The molecule has 0 saturated carbocycles. The second-order valence-corrected chi connectivity index (χ2v) is 4.24. The lowest BCUT2D eigenvalue weighted by molar-refractivity contribution is -0.385. The number of non-ortho nitro benzene ring substituents is 1. The van der Waals surface area contributed by atoms with E-state index < -0.39 is 10.7 Å². The highest BCUT2D eigenvalue weighted by molar-refractivity contribution is 5.78. The maximum Gasteiger partial charge on any atom is 0.272 e. The summed E-state index contributed by atoms with van der Waals surface area (Å²) < 4.78 is 13.2. The molecule has 0 heterocycles. The van der Waals surface area contributed by atoms with Crippen molar-refractivity contribution in [2.24, 2.45) is 0 Å². The number of nitro benzene ring substituents is 1. The standard InChI is InChI=1S/C13H18FN3O3/c1-3-16(4-2)13(18)9-15-8-10-5-11(14)7-12(6-10)17(19)20/h5-7,15H,3-4,8-9H2,1-2H3. The summed E-state index contributed by atoms with van der Waals surface area (Å²) in [6, 6.07) is 3.37. The van der Waals surface area contributed by atoms with Gasteiger partial charge in [0.15, 0.2) is 0 Å². The Balaban J connectivity index is 2.58. The third kappa shape index (κ3) is 4.58. The minimum absolute atomic E-state index is 0.0547. The van der Waals surface area contributed by atoms with Crippen molar-refractivity contribution in [1.29, 1.82) is 0 Å². The zero-order valence-corrected chi connectivity index (χ0v) is 11.6.